The first kappa shape index (κ1) is 28.5. The second-order valence-electron chi connectivity index (χ2n) is 10.9. The van der Waals surface area contributed by atoms with Crippen molar-refractivity contribution in [2.75, 3.05) is 13.7 Å². The number of hydrogen-bond donors (Lipinski definition) is 1. The summed E-state index contributed by atoms with van der Waals surface area (Å²) >= 11 is 0. The lowest BCUT2D eigenvalue weighted by atomic mass is 9.90. The summed E-state index contributed by atoms with van der Waals surface area (Å²) in [7, 11) is 1.67. The number of fused-ring (bicyclic) bond motifs is 1. The molecule has 0 aromatic rings. The van der Waals surface area contributed by atoms with E-state index in [0.717, 1.165) is 25.7 Å². The van der Waals surface area contributed by atoms with Gasteiger partial charge in [-0.3, -0.25) is 4.79 Å². The average Bonchev–Trinajstić information content (AvgIpc) is 3.12. The van der Waals surface area contributed by atoms with E-state index in [-0.39, 0.29) is 42.0 Å². The third-order valence-corrected chi connectivity index (χ3v) is 6.79. The van der Waals surface area contributed by atoms with Gasteiger partial charge in [-0.15, -0.1) is 0 Å². The van der Waals surface area contributed by atoms with Crippen LogP contribution < -0.4 is 0 Å². The number of cyclic esters (lactones) is 1. The molecule has 34 heavy (non-hydrogen) atoms. The molecule has 1 aliphatic heterocycles. The van der Waals surface area contributed by atoms with Gasteiger partial charge in [-0.25, -0.2) is 4.79 Å². The normalized spacial score (nSPS) is 29.9. The molecule has 1 saturated carbocycles. The largest absolute Gasteiger partial charge is 0.462 e. The molecular weight excluding hydrogens is 436 g/mol. The Bertz CT molecular complexity index is 724. The molecular formula is C27H44O7. The van der Waals surface area contributed by atoms with Crippen LogP contribution in [0.4, 0.5) is 0 Å². The summed E-state index contributed by atoms with van der Waals surface area (Å²) in [6.07, 6.45) is 10.5. The molecule has 0 saturated heterocycles. The molecule has 1 fully saturated rings. The van der Waals surface area contributed by atoms with E-state index in [9.17, 15) is 14.7 Å². The highest BCUT2D eigenvalue weighted by Gasteiger charge is 2.39. The van der Waals surface area contributed by atoms with Gasteiger partial charge in [0, 0.05) is 13.2 Å². The summed E-state index contributed by atoms with van der Waals surface area (Å²) in [6.45, 7) is 10.1. The van der Waals surface area contributed by atoms with Crippen molar-refractivity contribution in [3.8, 4) is 0 Å². The van der Waals surface area contributed by atoms with Crippen LogP contribution in [0.25, 0.3) is 0 Å². The minimum absolute atomic E-state index is 0.0761. The Hall–Kier alpha value is -1.70. The molecule has 5 atom stereocenters. The van der Waals surface area contributed by atoms with Crippen molar-refractivity contribution < 1.29 is 33.6 Å². The number of rotatable bonds is 8. The van der Waals surface area contributed by atoms with Crippen LogP contribution in [0.2, 0.25) is 0 Å². The number of allylic oxidation sites excluding steroid dienone is 2. The van der Waals surface area contributed by atoms with Crippen molar-refractivity contribution in [1.29, 1.82) is 0 Å². The molecule has 7 heteroatoms. The van der Waals surface area contributed by atoms with Crippen molar-refractivity contribution in [2.45, 2.75) is 109 Å². The monoisotopic (exact) mass is 480 g/mol. The van der Waals surface area contributed by atoms with Crippen molar-refractivity contribution in [2.24, 2.45) is 11.8 Å². The second kappa shape index (κ2) is 12.8. The molecule has 0 radical (unpaired) electrons. The standard InChI is InChI=1S/C27H44O7/c1-19-10-8-7-9-11-20-16-21(17-22(20)23(28)12-13-24(29)33-19)34-25(30)18-27(4,5)32-15-14-26(2,3)31-6/h9,11-13,19-23,28H,7-8,10,14-18H2,1-6H3/b11-9+,13-12?/t19-,20?,21-,22?,23+/m0/s1. The quantitative estimate of drug-likeness (QED) is 0.404. The Balaban J connectivity index is 1.94. The highest BCUT2D eigenvalue weighted by Crippen LogP contribution is 2.38. The van der Waals surface area contributed by atoms with Crippen molar-refractivity contribution in [1.82, 2.24) is 0 Å². The first-order valence-electron chi connectivity index (χ1n) is 12.5. The average molecular weight is 481 g/mol. The fraction of sp³-hybridized carbons (Fsp3) is 0.778. The fourth-order valence-electron chi connectivity index (χ4n) is 4.48. The number of aliphatic hydroxyl groups is 1. The van der Waals surface area contributed by atoms with Gasteiger partial charge in [0.1, 0.15) is 6.10 Å². The minimum Gasteiger partial charge on any atom is -0.462 e. The van der Waals surface area contributed by atoms with Gasteiger partial charge in [0.15, 0.2) is 0 Å². The summed E-state index contributed by atoms with van der Waals surface area (Å²) in [5.41, 5.74) is -0.924. The highest BCUT2D eigenvalue weighted by atomic mass is 16.6. The molecule has 0 aromatic carbocycles. The van der Waals surface area contributed by atoms with Crippen LogP contribution in [0.1, 0.15) is 79.6 Å². The van der Waals surface area contributed by atoms with Gasteiger partial charge in [-0.2, -0.15) is 0 Å². The molecule has 2 unspecified atom stereocenters. The van der Waals surface area contributed by atoms with Gasteiger partial charge < -0.3 is 24.1 Å². The van der Waals surface area contributed by atoms with Crippen LogP contribution in [0.15, 0.2) is 24.3 Å². The predicted molar refractivity (Wildman–Crippen MR) is 130 cm³/mol. The topological polar surface area (TPSA) is 91.3 Å². The van der Waals surface area contributed by atoms with Crippen molar-refractivity contribution in [3.63, 3.8) is 0 Å². The summed E-state index contributed by atoms with van der Waals surface area (Å²) in [4.78, 5) is 24.7. The van der Waals surface area contributed by atoms with Crippen LogP contribution in [0, 0.1) is 11.8 Å². The Labute approximate surface area is 204 Å². The molecule has 7 nitrogen and oxygen atoms in total. The van der Waals surface area contributed by atoms with Crippen LogP contribution in [-0.2, 0) is 28.5 Å². The predicted octanol–water partition coefficient (Wildman–Crippen LogP) is 4.51. The number of aliphatic hydroxyl groups excluding tert-OH is 1. The van der Waals surface area contributed by atoms with E-state index in [0.29, 0.717) is 19.4 Å². The maximum Gasteiger partial charge on any atom is 0.330 e. The van der Waals surface area contributed by atoms with Gasteiger partial charge in [0.25, 0.3) is 0 Å². The highest BCUT2D eigenvalue weighted by molar-refractivity contribution is 5.82. The van der Waals surface area contributed by atoms with Crippen LogP contribution >= 0.6 is 0 Å². The summed E-state index contributed by atoms with van der Waals surface area (Å²) < 4.78 is 22.5. The lowest BCUT2D eigenvalue weighted by molar-refractivity contribution is -0.156. The third-order valence-electron chi connectivity index (χ3n) is 6.79. The van der Waals surface area contributed by atoms with Crippen molar-refractivity contribution in [3.05, 3.63) is 24.3 Å². The van der Waals surface area contributed by atoms with Crippen LogP contribution in [0.5, 0.6) is 0 Å². The summed E-state index contributed by atoms with van der Waals surface area (Å²) in [6, 6.07) is 0. The molecule has 0 spiro atoms. The molecule has 1 heterocycles. The molecule has 194 valence electrons. The van der Waals surface area contributed by atoms with E-state index in [1.165, 1.54) is 12.2 Å². The minimum atomic E-state index is -0.814. The first-order valence-corrected chi connectivity index (χ1v) is 12.5. The van der Waals surface area contributed by atoms with E-state index in [2.05, 4.69) is 12.2 Å². The van der Waals surface area contributed by atoms with Gasteiger partial charge in [0.2, 0.25) is 0 Å². The number of carbonyl (C=O) groups is 2. The fourth-order valence-corrected chi connectivity index (χ4v) is 4.48. The zero-order valence-corrected chi connectivity index (χ0v) is 21.7. The molecule has 1 N–H and O–H groups in total. The van der Waals surface area contributed by atoms with E-state index in [1.807, 2.05) is 34.6 Å². The zero-order chi connectivity index (χ0) is 25.4. The summed E-state index contributed by atoms with van der Waals surface area (Å²) in [5, 5.41) is 10.7. The van der Waals surface area contributed by atoms with Gasteiger partial charge in [-0.1, -0.05) is 12.2 Å². The molecule has 0 aromatic heterocycles. The molecule has 0 bridgehead atoms. The zero-order valence-electron chi connectivity index (χ0n) is 21.7. The Morgan fingerprint density at radius 3 is 2.62 bits per heavy atom. The lowest BCUT2D eigenvalue weighted by Crippen LogP contribution is -2.33. The Morgan fingerprint density at radius 1 is 1.18 bits per heavy atom. The van der Waals surface area contributed by atoms with Gasteiger partial charge in [0.05, 0.1) is 36.4 Å². The SMILES string of the molecule is COC(C)(C)CCOC(C)(C)CC(=O)O[C@H]1CC2/C=C/CCC[C@H](C)OC(=O)C=C[C@@H](O)C2C1. The van der Waals surface area contributed by atoms with Crippen LogP contribution in [-0.4, -0.2) is 60.3 Å². The smallest absolute Gasteiger partial charge is 0.330 e. The lowest BCUT2D eigenvalue weighted by Gasteiger charge is -2.28. The maximum atomic E-state index is 12.7. The van der Waals surface area contributed by atoms with E-state index < -0.39 is 17.7 Å². The third kappa shape index (κ3) is 9.88. The number of ether oxygens (including phenoxy) is 4. The molecule has 0 amide bonds. The number of esters is 2. The maximum absolute atomic E-state index is 12.7. The van der Waals surface area contributed by atoms with Gasteiger partial charge >= 0.3 is 11.9 Å². The second-order valence-corrected chi connectivity index (χ2v) is 10.9. The number of carbonyl (C=O) groups excluding carboxylic acids is 2. The first-order chi connectivity index (χ1) is 15.9. The van der Waals surface area contributed by atoms with E-state index in [4.69, 9.17) is 18.9 Å². The Morgan fingerprint density at radius 2 is 1.91 bits per heavy atom. The van der Waals surface area contributed by atoms with E-state index in [1.54, 1.807) is 7.11 Å². The van der Waals surface area contributed by atoms with Crippen molar-refractivity contribution >= 4 is 11.9 Å². The van der Waals surface area contributed by atoms with E-state index >= 15 is 0 Å². The van der Waals surface area contributed by atoms with Crippen LogP contribution in [0.3, 0.4) is 0 Å². The number of hydrogen-bond acceptors (Lipinski definition) is 7. The molecule has 2 aliphatic rings. The van der Waals surface area contributed by atoms with Gasteiger partial charge in [-0.05, 0) is 91.1 Å². The summed E-state index contributed by atoms with van der Waals surface area (Å²) in [5.74, 6) is -0.794. The molecule has 1 aliphatic carbocycles. The molecule has 2 rings (SSSR count). The number of methoxy groups -OCH3 is 1. The Kier molecular flexibility index (Phi) is 10.8.